The van der Waals surface area contributed by atoms with Gasteiger partial charge in [-0.25, -0.2) is 0 Å². The Morgan fingerprint density at radius 3 is 2.78 bits per heavy atom. The second kappa shape index (κ2) is 6.07. The number of nitrogens with zero attached hydrogens (tertiary/aromatic N) is 1. The Morgan fingerprint density at radius 1 is 1.44 bits per heavy atom. The van der Waals surface area contributed by atoms with Gasteiger partial charge in [0.2, 0.25) is 0 Å². The molecule has 18 heavy (non-hydrogen) atoms. The standard InChI is InChI=1S/C13H16ClNO3/c14-11-1-3-12(4-2-11)18-8-7-15-6-5-10(9-15)13(16)17/h1-4,10H,5-9H2,(H,16,17)/t10-/m0/s1. The maximum Gasteiger partial charge on any atom is 0.307 e. The second-order valence-corrected chi connectivity index (χ2v) is 4.86. The molecule has 2 rings (SSSR count). The van der Waals surface area contributed by atoms with Crippen LogP contribution in [0.4, 0.5) is 0 Å². The molecule has 1 N–H and O–H groups in total. The van der Waals surface area contributed by atoms with Crippen LogP contribution < -0.4 is 4.74 Å². The third-order valence-corrected chi connectivity index (χ3v) is 3.36. The van der Waals surface area contributed by atoms with Gasteiger partial charge in [0.05, 0.1) is 5.92 Å². The summed E-state index contributed by atoms with van der Waals surface area (Å²) in [4.78, 5) is 12.9. The van der Waals surface area contributed by atoms with E-state index in [1.807, 2.05) is 12.1 Å². The summed E-state index contributed by atoms with van der Waals surface area (Å²) in [5.41, 5.74) is 0. The highest BCUT2D eigenvalue weighted by molar-refractivity contribution is 6.30. The van der Waals surface area contributed by atoms with Crippen molar-refractivity contribution in [2.24, 2.45) is 5.92 Å². The van der Waals surface area contributed by atoms with Gasteiger partial charge in [-0.3, -0.25) is 9.69 Å². The zero-order valence-electron chi connectivity index (χ0n) is 10.0. The molecule has 0 bridgehead atoms. The number of hydrogen-bond donors (Lipinski definition) is 1. The summed E-state index contributed by atoms with van der Waals surface area (Å²) in [6.07, 6.45) is 0.732. The topological polar surface area (TPSA) is 49.8 Å². The van der Waals surface area contributed by atoms with E-state index in [-0.39, 0.29) is 5.92 Å². The third-order valence-electron chi connectivity index (χ3n) is 3.11. The lowest BCUT2D eigenvalue weighted by atomic mass is 10.1. The van der Waals surface area contributed by atoms with E-state index in [0.29, 0.717) is 18.2 Å². The lowest BCUT2D eigenvalue weighted by Crippen LogP contribution is -2.27. The van der Waals surface area contributed by atoms with Crippen LogP contribution in [0.25, 0.3) is 0 Å². The highest BCUT2D eigenvalue weighted by Gasteiger charge is 2.27. The Balaban J connectivity index is 1.70. The first-order chi connectivity index (χ1) is 8.65. The van der Waals surface area contributed by atoms with Crippen molar-refractivity contribution in [2.45, 2.75) is 6.42 Å². The molecule has 1 aromatic rings. The first-order valence-electron chi connectivity index (χ1n) is 5.98. The summed E-state index contributed by atoms with van der Waals surface area (Å²) < 4.78 is 5.57. The Morgan fingerprint density at radius 2 is 2.17 bits per heavy atom. The van der Waals surface area contributed by atoms with E-state index in [1.165, 1.54) is 0 Å². The largest absolute Gasteiger partial charge is 0.492 e. The van der Waals surface area contributed by atoms with Crippen LogP contribution in [0.5, 0.6) is 5.75 Å². The van der Waals surface area contributed by atoms with Crippen molar-refractivity contribution in [1.82, 2.24) is 4.90 Å². The number of carboxylic acids is 1. The molecule has 0 saturated carbocycles. The Labute approximate surface area is 111 Å². The average Bonchev–Trinajstić information content (AvgIpc) is 2.81. The van der Waals surface area contributed by atoms with Crippen LogP contribution in [-0.2, 0) is 4.79 Å². The van der Waals surface area contributed by atoms with Crippen LogP contribution >= 0.6 is 11.6 Å². The van der Waals surface area contributed by atoms with Gasteiger partial charge in [-0.2, -0.15) is 0 Å². The molecule has 1 atom stereocenters. The SMILES string of the molecule is O=C(O)[C@H]1CCN(CCOc2ccc(Cl)cc2)C1. The number of carboxylic acid groups (broad SMARTS) is 1. The molecule has 5 heteroatoms. The molecule has 4 nitrogen and oxygen atoms in total. The zero-order valence-corrected chi connectivity index (χ0v) is 10.8. The van der Waals surface area contributed by atoms with Crippen molar-refractivity contribution >= 4 is 17.6 Å². The minimum absolute atomic E-state index is 0.222. The first-order valence-corrected chi connectivity index (χ1v) is 6.36. The van der Waals surface area contributed by atoms with Crippen LogP contribution in [-0.4, -0.2) is 42.2 Å². The Kier molecular flexibility index (Phi) is 4.44. The summed E-state index contributed by atoms with van der Waals surface area (Å²) in [6.45, 7) is 2.78. The predicted octanol–water partition coefficient (Wildman–Crippen LogP) is 2.13. The lowest BCUT2D eigenvalue weighted by Gasteiger charge is -2.15. The molecule has 98 valence electrons. The number of benzene rings is 1. The van der Waals surface area contributed by atoms with E-state index in [9.17, 15) is 4.79 Å². The van der Waals surface area contributed by atoms with Crippen LogP contribution in [0, 0.1) is 5.92 Å². The second-order valence-electron chi connectivity index (χ2n) is 4.43. The fraction of sp³-hybridized carbons (Fsp3) is 0.462. The molecule has 1 aliphatic heterocycles. The van der Waals surface area contributed by atoms with Gasteiger partial charge in [-0.05, 0) is 37.2 Å². The molecule has 1 aromatic carbocycles. The molecule has 0 amide bonds. The minimum Gasteiger partial charge on any atom is -0.492 e. The third kappa shape index (κ3) is 3.62. The quantitative estimate of drug-likeness (QED) is 0.890. The van der Waals surface area contributed by atoms with Gasteiger partial charge < -0.3 is 9.84 Å². The van der Waals surface area contributed by atoms with Crippen LogP contribution in [0.1, 0.15) is 6.42 Å². The summed E-state index contributed by atoms with van der Waals surface area (Å²) in [6, 6.07) is 7.22. The number of rotatable bonds is 5. The molecule has 1 aliphatic rings. The van der Waals surface area contributed by atoms with Gasteiger partial charge in [-0.1, -0.05) is 11.6 Å². The van der Waals surface area contributed by atoms with Gasteiger partial charge in [-0.15, -0.1) is 0 Å². The minimum atomic E-state index is -0.698. The van der Waals surface area contributed by atoms with Crippen LogP contribution in [0.2, 0.25) is 5.02 Å². The highest BCUT2D eigenvalue weighted by atomic mass is 35.5. The van der Waals surface area contributed by atoms with E-state index in [2.05, 4.69) is 4.90 Å². The molecular formula is C13H16ClNO3. The van der Waals surface area contributed by atoms with Crippen molar-refractivity contribution in [1.29, 1.82) is 0 Å². The Bertz CT molecular complexity index is 407. The number of ether oxygens (including phenoxy) is 1. The summed E-state index contributed by atoms with van der Waals surface area (Å²) >= 11 is 5.78. The monoisotopic (exact) mass is 269 g/mol. The number of halogens is 1. The van der Waals surface area contributed by atoms with Gasteiger partial charge >= 0.3 is 5.97 Å². The predicted molar refractivity (Wildman–Crippen MR) is 69.1 cm³/mol. The van der Waals surface area contributed by atoms with Gasteiger partial charge in [0.1, 0.15) is 12.4 Å². The Hall–Kier alpha value is -1.26. The molecule has 0 aromatic heterocycles. The molecule has 0 unspecified atom stereocenters. The normalized spacial score (nSPS) is 19.9. The van der Waals surface area contributed by atoms with E-state index >= 15 is 0 Å². The van der Waals surface area contributed by atoms with Crippen molar-refractivity contribution in [3.63, 3.8) is 0 Å². The van der Waals surface area contributed by atoms with Crippen LogP contribution in [0.3, 0.4) is 0 Å². The van der Waals surface area contributed by atoms with E-state index < -0.39 is 5.97 Å². The van der Waals surface area contributed by atoms with Crippen molar-refractivity contribution < 1.29 is 14.6 Å². The number of likely N-dealkylation sites (tertiary alicyclic amines) is 1. The van der Waals surface area contributed by atoms with E-state index in [0.717, 1.165) is 25.3 Å². The zero-order chi connectivity index (χ0) is 13.0. The van der Waals surface area contributed by atoms with E-state index in [4.69, 9.17) is 21.4 Å². The average molecular weight is 270 g/mol. The highest BCUT2D eigenvalue weighted by Crippen LogP contribution is 2.17. The number of aliphatic carboxylic acids is 1. The summed E-state index contributed by atoms with van der Waals surface area (Å²) in [7, 11) is 0. The van der Waals surface area contributed by atoms with Gasteiger partial charge in [0.15, 0.2) is 0 Å². The molecular weight excluding hydrogens is 254 g/mol. The van der Waals surface area contributed by atoms with Gasteiger partial charge in [0, 0.05) is 18.1 Å². The maximum absolute atomic E-state index is 10.8. The smallest absolute Gasteiger partial charge is 0.307 e. The van der Waals surface area contributed by atoms with Crippen molar-refractivity contribution in [2.75, 3.05) is 26.2 Å². The fourth-order valence-corrected chi connectivity index (χ4v) is 2.19. The van der Waals surface area contributed by atoms with Crippen LogP contribution in [0.15, 0.2) is 24.3 Å². The van der Waals surface area contributed by atoms with Gasteiger partial charge in [0.25, 0.3) is 0 Å². The molecule has 1 heterocycles. The maximum atomic E-state index is 10.8. The molecule has 0 aliphatic carbocycles. The van der Waals surface area contributed by atoms with Crippen molar-refractivity contribution in [3.05, 3.63) is 29.3 Å². The molecule has 0 spiro atoms. The summed E-state index contributed by atoms with van der Waals surface area (Å²) in [5, 5.41) is 9.58. The fourth-order valence-electron chi connectivity index (χ4n) is 2.06. The number of carbonyl (C=O) groups is 1. The molecule has 1 fully saturated rings. The van der Waals surface area contributed by atoms with Crippen molar-refractivity contribution in [3.8, 4) is 5.75 Å². The molecule has 1 saturated heterocycles. The van der Waals surface area contributed by atoms with E-state index in [1.54, 1.807) is 12.1 Å². The summed E-state index contributed by atoms with van der Waals surface area (Å²) in [5.74, 6) is -0.134. The lowest BCUT2D eigenvalue weighted by molar-refractivity contribution is -0.141. The number of hydrogen-bond acceptors (Lipinski definition) is 3. The first kappa shape index (κ1) is 13.2. The molecule has 0 radical (unpaired) electrons.